The van der Waals surface area contributed by atoms with E-state index in [0.29, 0.717) is 11.7 Å². The number of aromatic nitrogens is 3. The van der Waals surface area contributed by atoms with Crippen molar-refractivity contribution in [1.82, 2.24) is 19.5 Å². The van der Waals surface area contributed by atoms with E-state index in [9.17, 15) is 4.79 Å². The van der Waals surface area contributed by atoms with Crippen molar-refractivity contribution in [1.29, 1.82) is 0 Å². The van der Waals surface area contributed by atoms with Crippen molar-refractivity contribution in [3.63, 3.8) is 0 Å². The molecule has 1 saturated heterocycles. The molecule has 0 spiro atoms. The van der Waals surface area contributed by atoms with Gasteiger partial charge in [0.05, 0.1) is 11.6 Å². The maximum absolute atomic E-state index is 11.0. The van der Waals surface area contributed by atoms with Crippen molar-refractivity contribution in [2.45, 2.75) is 38.8 Å². The summed E-state index contributed by atoms with van der Waals surface area (Å²) in [6.07, 6.45) is 3.72. The number of carboxylic acid groups (broad SMARTS) is 1. The van der Waals surface area contributed by atoms with Gasteiger partial charge in [-0.2, -0.15) is 0 Å². The fraction of sp³-hybridized carbons (Fsp3) is 0.500. The van der Waals surface area contributed by atoms with Crippen molar-refractivity contribution in [2.24, 2.45) is 0 Å². The summed E-state index contributed by atoms with van der Waals surface area (Å²) in [4.78, 5) is 17.9. The Morgan fingerprint density at radius 2 is 2.25 bits per heavy atom. The minimum absolute atomic E-state index is 0.223. The van der Waals surface area contributed by atoms with E-state index >= 15 is 0 Å². The Morgan fingerprint density at radius 1 is 1.45 bits per heavy atom. The molecule has 6 nitrogen and oxygen atoms in total. The van der Waals surface area contributed by atoms with Crippen LogP contribution in [0, 0.1) is 0 Å². The average molecular weight is 274 g/mol. The minimum Gasteiger partial charge on any atom is -0.478 e. The maximum Gasteiger partial charge on any atom is 0.337 e. The SMILES string of the molecule is CC(C)N1CCCC1c1nc2ccc(C(=O)O)cn2n1. The molecular weight excluding hydrogens is 256 g/mol. The molecule has 1 fully saturated rings. The third kappa shape index (κ3) is 2.16. The van der Waals surface area contributed by atoms with E-state index in [-0.39, 0.29) is 11.6 Å². The molecule has 1 unspecified atom stereocenters. The van der Waals surface area contributed by atoms with E-state index in [1.165, 1.54) is 6.20 Å². The van der Waals surface area contributed by atoms with E-state index in [2.05, 4.69) is 28.8 Å². The Labute approximate surface area is 117 Å². The third-order valence-corrected chi connectivity index (χ3v) is 3.85. The van der Waals surface area contributed by atoms with Gasteiger partial charge in [-0.25, -0.2) is 14.3 Å². The smallest absolute Gasteiger partial charge is 0.337 e. The molecule has 0 amide bonds. The van der Waals surface area contributed by atoms with E-state index < -0.39 is 5.97 Å². The van der Waals surface area contributed by atoms with E-state index in [1.54, 1.807) is 16.6 Å². The summed E-state index contributed by atoms with van der Waals surface area (Å²) in [6.45, 7) is 5.42. The fourth-order valence-electron chi connectivity index (χ4n) is 2.85. The van der Waals surface area contributed by atoms with Gasteiger partial charge in [-0.3, -0.25) is 4.90 Å². The number of likely N-dealkylation sites (tertiary alicyclic amines) is 1. The van der Waals surface area contributed by atoms with Gasteiger partial charge >= 0.3 is 5.97 Å². The summed E-state index contributed by atoms with van der Waals surface area (Å²) in [5, 5.41) is 13.5. The normalized spacial score (nSPS) is 20.1. The van der Waals surface area contributed by atoms with Crippen LogP contribution in [0.5, 0.6) is 0 Å². The number of aromatic carboxylic acids is 1. The number of pyridine rings is 1. The zero-order valence-corrected chi connectivity index (χ0v) is 11.7. The number of nitrogens with zero attached hydrogens (tertiary/aromatic N) is 4. The molecule has 3 rings (SSSR count). The van der Waals surface area contributed by atoms with E-state index in [0.717, 1.165) is 25.2 Å². The maximum atomic E-state index is 11.0. The number of hydrogen-bond acceptors (Lipinski definition) is 4. The van der Waals surface area contributed by atoms with Gasteiger partial charge in [0.25, 0.3) is 0 Å². The average Bonchev–Trinajstić information content (AvgIpc) is 3.03. The topological polar surface area (TPSA) is 70.7 Å². The van der Waals surface area contributed by atoms with Gasteiger partial charge in [0, 0.05) is 12.2 Å². The van der Waals surface area contributed by atoms with Crippen LogP contribution in [0.1, 0.15) is 48.9 Å². The number of hydrogen-bond donors (Lipinski definition) is 1. The van der Waals surface area contributed by atoms with Gasteiger partial charge in [-0.05, 0) is 45.4 Å². The van der Waals surface area contributed by atoms with Crippen LogP contribution in [0.3, 0.4) is 0 Å². The monoisotopic (exact) mass is 274 g/mol. The zero-order valence-electron chi connectivity index (χ0n) is 11.7. The molecule has 0 saturated carbocycles. The molecule has 1 N–H and O–H groups in total. The standard InChI is InChI=1S/C14H18N4O2/c1-9(2)17-7-3-4-11(17)13-15-12-6-5-10(14(19)20)8-18(12)16-13/h5-6,8-9,11H,3-4,7H2,1-2H3,(H,19,20). The number of rotatable bonds is 3. The van der Waals surface area contributed by atoms with Crippen LogP contribution in [-0.4, -0.2) is 43.2 Å². The summed E-state index contributed by atoms with van der Waals surface area (Å²) < 4.78 is 1.57. The van der Waals surface area contributed by atoms with Crippen molar-refractivity contribution in [2.75, 3.05) is 6.54 Å². The Hall–Kier alpha value is -1.95. The molecule has 1 aliphatic rings. The highest BCUT2D eigenvalue weighted by Gasteiger charge is 2.30. The zero-order chi connectivity index (χ0) is 14.3. The molecule has 1 aliphatic heterocycles. The molecule has 0 aromatic carbocycles. The lowest BCUT2D eigenvalue weighted by Crippen LogP contribution is -2.30. The first-order valence-electron chi connectivity index (χ1n) is 6.91. The second-order valence-electron chi connectivity index (χ2n) is 5.49. The first kappa shape index (κ1) is 13.1. The second kappa shape index (κ2) is 4.86. The van der Waals surface area contributed by atoms with Crippen LogP contribution < -0.4 is 0 Å². The summed E-state index contributed by atoms with van der Waals surface area (Å²) >= 11 is 0. The lowest BCUT2D eigenvalue weighted by atomic mass is 10.2. The highest BCUT2D eigenvalue weighted by Crippen LogP contribution is 2.31. The fourth-order valence-corrected chi connectivity index (χ4v) is 2.85. The molecule has 6 heteroatoms. The highest BCUT2D eigenvalue weighted by molar-refractivity contribution is 5.87. The molecule has 106 valence electrons. The van der Waals surface area contributed by atoms with Crippen molar-refractivity contribution in [3.8, 4) is 0 Å². The second-order valence-corrected chi connectivity index (χ2v) is 5.49. The van der Waals surface area contributed by atoms with Gasteiger partial charge in [-0.1, -0.05) is 0 Å². The predicted octanol–water partition coefficient (Wildman–Crippen LogP) is 1.97. The first-order chi connectivity index (χ1) is 9.56. The van der Waals surface area contributed by atoms with E-state index in [4.69, 9.17) is 5.11 Å². The summed E-state index contributed by atoms with van der Waals surface area (Å²) in [6, 6.07) is 3.96. The number of fused-ring (bicyclic) bond motifs is 1. The largest absolute Gasteiger partial charge is 0.478 e. The lowest BCUT2D eigenvalue weighted by molar-refractivity contribution is 0.0696. The summed E-state index contributed by atoms with van der Waals surface area (Å²) in [7, 11) is 0. The minimum atomic E-state index is -0.950. The molecule has 2 aromatic heterocycles. The molecular formula is C14H18N4O2. The van der Waals surface area contributed by atoms with Gasteiger partial charge in [0.15, 0.2) is 11.5 Å². The molecule has 2 aromatic rings. The number of carbonyl (C=O) groups is 1. The summed E-state index contributed by atoms with van der Waals surface area (Å²) in [5.74, 6) is -0.160. The molecule has 20 heavy (non-hydrogen) atoms. The molecule has 0 radical (unpaired) electrons. The van der Waals surface area contributed by atoms with Crippen molar-refractivity contribution >= 4 is 11.6 Å². The quantitative estimate of drug-likeness (QED) is 0.926. The van der Waals surface area contributed by atoms with Crippen molar-refractivity contribution < 1.29 is 9.90 Å². The van der Waals surface area contributed by atoms with Crippen LogP contribution in [0.25, 0.3) is 5.65 Å². The van der Waals surface area contributed by atoms with Crippen LogP contribution >= 0.6 is 0 Å². The molecule has 0 aliphatic carbocycles. The Morgan fingerprint density at radius 3 is 2.95 bits per heavy atom. The van der Waals surface area contributed by atoms with Crippen LogP contribution in [0.4, 0.5) is 0 Å². The van der Waals surface area contributed by atoms with Crippen LogP contribution in [-0.2, 0) is 0 Å². The van der Waals surface area contributed by atoms with Crippen LogP contribution in [0.2, 0.25) is 0 Å². The van der Waals surface area contributed by atoms with Gasteiger partial charge in [0.2, 0.25) is 0 Å². The Bertz CT molecular complexity index is 650. The van der Waals surface area contributed by atoms with Gasteiger partial charge in [0.1, 0.15) is 0 Å². The third-order valence-electron chi connectivity index (χ3n) is 3.85. The molecule has 3 heterocycles. The van der Waals surface area contributed by atoms with Crippen molar-refractivity contribution in [3.05, 3.63) is 29.7 Å². The Balaban J connectivity index is 1.98. The highest BCUT2D eigenvalue weighted by atomic mass is 16.4. The predicted molar refractivity (Wildman–Crippen MR) is 73.8 cm³/mol. The van der Waals surface area contributed by atoms with Gasteiger partial charge < -0.3 is 5.11 Å². The lowest BCUT2D eigenvalue weighted by Gasteiger charge is -2.25. The first-order valence-corrected chi connectivity index (χ1v) is 6.91. The van der Waals surface area contributed by atoms with Gasteiger partial charge in [-0.15, -0.1) is 5.10 Å². The Kier molecular flexibility index (Phi) is 3.17. The number of carboxylic acids is 1. The summed E-state index contributed by atoms with van der Waals surface area (Å²) in [5.41, 5.74) is 0.918. The molecule has 0 bridgehead atoms. The van der Waals surface area contributed by atoms with E-state index in [1.807, 2.05) is 0 Å². The van der Waals surface area contributed by atoms with Crippen LogP contribution in [0.15, 0.2) is 18.3 Å². The molecule has 1 atom stereocenters.